The van der Waals surface area contributed by atoms with Gasteiger partial charge in [-0.2, -0.15) is 0 Å². The van der Waals surface area contributed by atoms with E-state index >= 15 is 0 Å². The Hall–Kier alpha value is -1.35. The zero-order valence-corrected chi connectivity index (χ0v) is 10.9. The first-order chi connectivity index (χ1) is 7.94. The Balaban J connectivity index is 2.74. The van der Waals surface area contributed by atoms with Gasteiger partial charge in [-0.15, -0.1) is 0 Å². The summed E-state index contributed by atoms with van der Waals surface area (Å²) in [6.45, 7) is 7.52. The summed E-state index contributed by atoms with van der Waals surface area (Å²) in [5.41, 5.74) is 7.39. The Morgan fingerprint density at radius 2 is 1.94 bits per heavy atom. The van der Waals surface area contributed by atoms with Crippen LogP contribution in [0.1, 0.15) is 36.7 Å². The van der Waals surface area contributed by atoms with Crippen LogP contribution in [0.5, 0.6) is 0 Å². The van der Waals surface area contributed by atoms with Crippen LogP contribution in [-0.4, -0.2) is 19.0 Å². The molecular weight excluding hydrogens is 212 g/mol. The van der Waals surface area contributed by atoms with Crippen LogP contribution in [-0.2, 0) is 6.42 Å². The molecule has 3 heteroatoms. The lowest BCUT2D eigenvalue weighted by molar-refractivity contribution is 0.0938. The normalized spacial score (nSPS) is 11.3. The number of hydrogen-bond donors (Lipinski definition) is 2. The molecule has 0 fully saturated rings. The van der Waals surface area contributed by atoms with E-state index in [1.54, 1.807) is 0 Å². The Labute approximate surface area is 103 Å². The van der Waals surface area contributed by atoms with Gasteiger partial charge in [-0.25, -0.2) is 0 Å². The monoisotopic (exact) mass is 234 g/mol. The summed E-state index contributed by atoms with van der Waals surface area (Å²) in [5, 5.41) is 2.96. The summed E-state index contributed by atoms with van der Waals surface area (Å²) in [5.74, 6) is -0.0102. The van der Waals surface area contributed by atoms with E-state index in [-0.39, 0.29) is 11.3 Å². The van der Waals surface area contributed by atoms with Crippen molar-refractivity contribution in [1.29, 1.82) is 0 Å². The van der Waals surface area contributed by atoms with Crippen LogP contribution in [0.15, 0.2) is 24.3 Å². The Bertz CT molecular complexity index is 380. The van der Waals surface area contributed by atoms with Gasteiger partial charge in [0.15, 0.2) is 0 Å². The van der Waals surface area contributed by atoms with E-state index < -0.39 is 0 Å². The van der Waals surface area contributed by atoms with Crippen molar-refractivity contribution in [3.8, 4) is 0 Å². The van der Waals surface area contributed by atoms with Crippen LogP contribution in [0.2, 0.25) is 0 Å². The van der Waals surface area contributed by atoms with Crippen LogP contribution in [0.3, 0.4) is 0 Å². The SMILES string of the molecule is CC(C)(C)CNC(=O)c1ccccc1CCN. The molecule has 3 nitrogen and oxygen atoms in total. The number of carbonyl (C=O) groups is 1. The van der Waals surface area contributed by atoms with Crippen molar-refractivity contribution in [1.82, 2.24) is 5.32 Å². The van der Waals surface area contributed by atoms with Crippen molar-refractivity contribution in [3.05, 3.63) is 35.4 Å². The fourth-order valence-corrected chi connectivity index (χ4v) is 1.56. The quantitative estimate of drug-likeness (QED) is 0.836. The molecule has 0 atom stereocenters. The van der Waals surface area contributed by atoms with Crippen LogP contribution < -0.4 is 11.1 Å². The van der Waals surface area contributed by atoms with Crippen LogP contribution in [0.4, 0.5) is 0 Å². The third-order valence-corrected chi connectivity index (χ3v) is 2.45. The van der Waals surface area contributed by atoms with Crippen molar-refractivity contribution < 1.29 is 4.79 Å². The molecule has 0 aliphatic heterocycles. The van der Waals surface area contributed by atoms with E-state index in [0.29, 0.717) is 13.1 Å². The molecule has 0 aliphatic carbocycles. The molecule has 3 N–H and O–H groups in total. The molecule has 0 spiro atoms. The first-order valence-corrected chi connectivity index (χ1v) is 6.00. The molecule has 0 unspecified atom stereocenters. The lowest BCUT2D eigenvalue weighted by atomic mass is 9.96. The van der Waals surface area contributed by atoms with E-state index in [1.807, 2.05) is 24.3 Å². The Morgan fingerprint density at radius 1 is 1.29 bits per heavy atom. The second-order valence-corrected chi connectivity index (χ2v) is 5.44. The maximum absolute atomic E-state index is 12.0. The molecule has 0 heterocycles. The molecule has 1 aromatic rings. The Kier molecular flexibility index (Phi) is 4.70. The van der Waals surface area contributed by atoms with Gasteiger partial charge in [0.1, 0.15) is 0 Å². The third-order valence-electron chi connectivity index (χ3n) is 2.45. The lowest BCUT2D eigenvalue weighted by Gasteiger charge is -2.19. The highest BCUT2D eigenvalue weighted by Gasteiger charge is 2.14. The summed E-state index contributed by atoms with van der Waals surface area (Å²) < 4.78 is 0. The zero-order chi connectivity index (χ0) is 12.9. The summed E-state index contributed by atoms with van der Waals surface area (Å²) >= 11 is 0. The van der Waals surface area contributed by atoms with Gasteiger partial charge < -0.3 is 11.1 Å². The number of rotatable bonds is 4. The molecule has 94 valence electrons. The van der Waals surface area contributed by atoms with Gasteiger partial charge in [-0.3, -0.25) is 4.79 Å². The molecule has 0 bridgehead atoms. The fourth-order valence-electron chi connectivity index (χ4n) is 1.56. The minimum absolute atomic E-state index is 0.0102. The highest BCUT2D eigenvalue weighted by atomic mass is 16.1. The maximum atomic E-state index is 12.0. The van der Waals surface area contributed by atoms with Gasteiger partial charge in [0, 0.05) is 12.1 Å². The molecule has 0 radical (unpaired) electrons. The van der Waals surface area contributed by atoms with Gasteiger partial charge in [-0.1, -0.05) is 39.0 Å². The summed E-state index contributed by atoms with van der Waals surface area (Å²) in [6.07, 6.45) is 0.735. The predicted molar refractivity (Wildman–Crippen MR) is 71.0 cm³/mol. The molecule has 0 saturated heterocycles. The van der Waals surface area contributed by atoms with E-state index in [0.717, 1.165) is 17.5 Å². The van der Waals surface area contributed by atoms with Crippen molar-refractivity contribution in [2.45, 2.75) is 27.2 Å². The predicted octanol–water partition coefficient (Wildman–Crippen LogP) is 1.96. The third kappa shape index (κ3) is 4.57. The molecular formula is C14H22N2O. The number of carbonyl (C=O) groups excluding carboxylic acids is 1. The highest BCUT2D eigenvalue weighted by molar-refractivity contribution is 5.95. The van der Waals surface area contributed by atoms with Gasteiger partial charge >= 0.3 is 0 Å². The first-order valence-electron chi connectivity index (χ1n) is 6.00. The van der Waals surface area contributed by atoms with Crippen LogP contribution in [0, 0.1) is 5.41 Å². The Morgan fingerprint density at radius 3 is 2.53 bits per heavy atom. The van der Waals surface area contributed by atoms with Gasteiger partial charge in [0.25, 0.3) is 5.91 Å². The van der Waals surface area contributed by atoms with E-state index in [1.165, 1.54) is 0 Å². The smallest absolute Gasteiger partial charge is 0.251 e. The van der Waals surface area contributed by atoms with E-state index in [4.69, 9.17) is 5.73 Å². The number of benzene rings is 1. The zero-order valence-electron chi connectivity index (χ0n) is 10.9. The molecule has 17 heavy (non-hydrogen) atoms. The lowest BCUT2D eigenvalue weighted by Crippen LogP contribution is -2.32. The average molecular weight is 234 g/mol. The first kappa shape index (κ1) is 13.7. The number of hydrogen-bond acceptors (Lipinski definition) is 2. The van der Waals surface area contributed by atoms with Crippen LogP contribution in [0.25, 0.3) is 0 Å². The summed E-state index contributed by atoms with van der Waals surface area (Å²) in [6, 6.07) is 7.62. The van der Waals surface area contributed by atoms with Crippen molar-refractivity contribution in [3.63, 3.8) is 0 Å². The van der Waals surface area contributed by atoms with Crippen molar-refractivity contribution >= 4 is 5.91 Å². The molecule has 0 aliphatic rings. The minimum Gasteiger partial charge on any atom is -0.352 e. The fraction of sp³-hybridized carbons (Fsp3) is 0.500. The van der Waals surface area contributed by atoms with E-state index in [9.17, 15) is 4.79 Å². The molecule has 1 amide bonds. The molecule has 0 aromatic heterocycles. The van der Waals surface area contributed by atoms with Gasteiger partial charge in [0.05, 0.1) is 0 Å². The topological polar surface area (TPSA) is 55.1 Å². The summed E-state index contributed by atoms with van der Waals surface area (Å²) in [7, 11) is 0. The van der Waals surface area contributed by atoms with Gasteiger partial charge in [-0.05, 0) is 30.0 Å². The second-order valence-electron chi connectivity index (χ2n) is 5.44. The largest absolute Gasteiger partial charge is 0.352 e. The number of nitrogens with two attached hydrogens (primary N) is 1. The number of amides is 1. The molecule has 1 rings (SSSR count). The maximum Gasteiger partial charge on any atom is 0.251 e. The molecule has 0 saturated carbocycles. The highest BCUT2D eigenvalue weighted by Crippen LogP contribution is 2.13. The summed E-state index contributed by atoms with van der Waals surface area (Å²) in [4.78, 5) is 12.0. The number of nitrogens with one attached hydrogen (secondary N) is 1. The molecule has 1 aromatic carbocycles. The van der Waals surface area contributed by atoms with Crippen molar-refractivity contribution in [2.24, 2.45) is 11.1 Å². The second kappa shape index (κ2) is 5.82. The van der Waals surface area contributed by atoms with Crippen molar-refractivity contribution in [2.75, 3.05) is 13.1 Å². The van der Waals surface area contributed by atoms with E-state index in [2.05, 4.69) is 26.1 Å². The average Bonchev–Trinajstić information content (AvgIpc) is 2.26. The van der Waals surface area contributed by atoms with Crippen LogP contribution >= 0.6 is 0 Å². The van der Waals surface area contributed by atoms with Gasteiger partial charge in [0.2, 0.25) is 0 Å². The standard InChI is InChI=1S/C14H22N2O/c1-14(2,3)10-16-13(17)12-7-5-4-6-11(12)8-9-15/h4-7H,8-10,15H2,1-3H3,(H,16,17). The minimum atomic E-state index is -0.0102.